The van der Waals surface area contributed by atoms with Crippen molar-refractivity contribution in [2.45, 2.75) is 6.92 Å². The van der Waals surface area contributed by atoms with Crippen LogP contribution in [0.5, 0.6) is 0 Å². The van der Waals surface area contributed by atoms with Gasteiger partial charge >= 0.3 is 5.97 Å². The second-order valence-electron chi connectivity index (χ2n) is 2.99. The van der Waals surface area contributed by atoms with Crippen molar-refractivity contribution < 1.29 is 9.53 Å². The van der Waals surface area contributed by atoms with Crippen molar-refractivity contribution in [3.8, 4) is 0 Å². The van der Waals surface area contributed by atoms with Gasteiger partial charge in [-0.2, -0.15) is 0 Å². The lowest BCUT2D eigenvalue weighted by Crippen LogP contribution is -1.92. The predicted molar refractivity (Wildman–Crippen MR) is 54.6 cm³/mol. The van der Waals surface area contributed by atoms with E-state index in [9.17, 15) is 4.79 Å². The number of rotatable bonds is 1. The molecule has 0 saturated heterocycles. The topological polar surface area (TPSA) is 26.3 Å². The Morgan fingerprint density at radius 1 is 1.21 bits per heavy atom. The molecule has 0 spiro atoms. The average molecular weight is 186 g/mol. The van der Waals surface area contributed by atoms with E-state index in [4.69, 9.17) is 4.74 Å². The third kappa shape index (κ3) is 1.35. The number of carbonyl (C=O) groups is 1. The van der Waals surface area contributed by atoms with Gasteiger partial charge in [0.2, 0.25) is 0 Å². The average Bonchev–Trinajstić information content (AvgIpc) is 2.54. The molecule has 1 aliphatic heterocycles. The molecule has 2 rings (SSSR count). The molecule has 1 heterocycles. The zero-order valence-corrected chi connectivity index (χ0v) is 7.86. The zero-order chi connectivity index (χ0) is 9.97. The molecule has 0 atom stereocenters. The van der Waals surface area contributed by atoms with Crippen LogP contribution in [-0.4, -0.2) is 5.97 Å². The summed E-state index contributed by atoms with van der Waals surface area (Å²) in [7, 11) is 0. The number of hydrogen-bond donors (Lipinski definition) is 0. The van der Waals surface area contributed by atoms with E-state index in [1.54, 1.807) is 12.1 Å². The monoisotopic (exact) mass is 186 g/mol. The lowest BCUT2D eigenvalue weighted by molar-refractivity contribution is 0.0716. The quantitative estimate of drug-likeness (QED) is 0.630. The minimum Gasteiger partial charge on any atom is -0.422 e. The minimum atomic E-state index is -0.267. The number of hydrogen-bond acceptors (Lipinski definition) is 2. The molecule has 0 fully saturated rings. The molecule has 1 aromatic rings. The number of esters is 1. The van der Waals surface area contributed by atoms with Gasteiger partial charge in [-0.1, -0.05) is 30.4 Å². The third-order valence-electron chi connectivity index (χ3n) is 2.06. The first kappa shape index (κ1) is 8.75. The van der Waals surface area contributed by atoms with Crippen LogP contribution < -0.4 is 0 Å². The summed E-state index contributed by atoms with van der Waals surface area (Å²) in [4.78, 5) is 11.4. The predicted octanol–water partition coefficient (Wildman–Crippen LogP) is 2.77. The van der Waals surface area contributed by atoms with Crippen molar-refractivity contribution in [2.24, 2.45) is 0 Å². The SMILES string of the molecule is C/C=C/C=C1\OC(=O)c2ccccc21. The molecule has 0 unspecified atom stereocenters. The molecule has 14 heavy (non-hydrogen) atoms. The molecule has 2 heteroatoms. The lowest BCUT2D eigenvalue weighted by atomic mass is 10.1. The van der Waals surface area contributed by atoms with Crippen LogP contribution in [0.15, 0.2) is 42.5 Å². The Morgan fingerprint density at radius 2 is 1.93 bits per heavy atom. The molecule has 0 aliphatic carbocycles. The Hall–Kier alpha value is -1.83. The molecule has 0 bridgehead atoms. The molecule has 0 amide bonds. The van der Waals surface area contributed by atoms with Crippen LogP contribution in [0.2, 0.25) is 0 Å². The first-order chi connectivity index (χ1) is 6.83. The number of allylic oxidation sites excluding steroid dienone is 3. The van der Waals surface area contributed by atoms with Crippen LogP contribution in [0.4, 0.5) is 0 Å². The van der Waals surface area contributed by atoms with Crippen LogP contribution in [0.25, 0.3) is 5.76 Å². The smallest absolute Gasteiger partial charge is 0.344 e. The van der Waals surface area contributed by atoms with Gasteiger partial charge in [-0.25, -0.2) is 4.79 Å². The van der Waals surface area contributed by atoms with E-state index in [2.05, 4.69) is 0 Å². The lowest BCUT2D eigenvalue weighted by Gasteiger charge is -1.94. The fraction of sp³-hybridized carbons (Fsp3) is 0.0833. The molecular weight excluding hydrogens is 176 g/mol. The first-order valence-corrected chi connectivity index (χ1v) is 4.47. The number of ether oxygens (including phenoxy) is 1. The number of fused-ring (bicyclic) bond motifs is 1. The van der Waals surface area contributed by atoms with Crippen molar-refractivity contribution in [3.63, 3.8) is 0 Å². The van der Waals surface area contributed by atoms with Crippen molar-refractivity contribution in [2.75, 3.05) is 0 Å². The van der Waals surface area contributed by atoms with Crippen molar-refractivity contribution in [1.82, 2.24) is 0 Å². The summed E-state index contributed by atoms with van der Waals surface area (Å²) >= 11 is 0. The highest BCUT2D eigenvalue weighted by Gasteiger charge is 2.24. The van der Waals surface area contributed by atoms with Crippen LogP contribution in [0.3, 0.4) is 0 Å². The van der Waals surface area contributed by atoms with Crippen LogP contribution in [-0.2, 0) is 4.74 Å². The fourth-order valence-electron chi connectivity index (χ4n) is 1.39. The summed E-state index contributed by atoms with van der Waals surface area (Å²) in [6.45, 7) is 1.92. The van der Waals surface area contributed by atoms with E-state index in [1.165, 1.54) is 0 Å². The molecular formula is C12H10O2. The van der Waals surface area contributed by atoms with Crippen LogP contribution in [0, 0.1) is 0 Å². The molecule has 2 nitrogen and oxygen atoms in total. The summed E-state index contributed by atoms with van der Waals surface area (Å²) in [5.41, 5.74) is 1.51. The number of cyclic esters (lactones) is 1. The van der Waals surface area contributed by atoms with Gasteiger partial charge in [-0.3, -0.25) is 0 Å². The van der Waals surface area contributed by atoms with Gasteiger partial charge in [0, 0.05) is 5.56 Å². The summed E-state index contributed by atoms with van der Waals surface area (Å²) in [5, 5.41) is 0. The van der Waals surface area contributed by atoms with E-state index in [0.717, 1.165) is 5.56 Å². The van der Waals surface area contributed by atoms with Crippen molar-refractivity contribution in [1.29, 1.82) is 0 Å². The zero-order valence-electron chi connectivity index (χ0n) is 7.86. The maximum absolute atomic E-state index is 11.4. The Balaban J connectivity index is 2.49. The standard InChI is InChI=1S/C12H10O2/c1-2-3-8-11-9-6-4-5-7-10(9)12(13)14-11/h2-8H,1H3/b3-2+,11-8-. The molecule has 70 valence electrons. The highest BCUT2D eigenvalue weighted by molar-refractivity contribution is 6.03. The second kappa shape index (κ2) is 3.50. The largest absolute Gasteiger partial charge is 0.422 e. The summed E-state index contributed by atoms with van der Waals surface area (Å²) in [6.07, 6.45) is 5.54. The third-order valence-corrected chi connectivity index (χ3v) is 2.06. The van der Waals surface area contributed by atoms with Gasteiger partial charge < -0.3 is 4.74 Å². The van der Waals surface area contributed by atoms with Gasteiger partial charge in [0.15, 0.2) is 0 Å². The Labute approximate surface area is 82.5 Å². The molecule has 0 N–H and O–H groups in total. The molecule has 0 aromatic heterocycles. The van der Waals surface area contributed by atoms with Crippen LogP contribution >= 0.6 is 0 Å². The van der Waals surface area contributed by atoms with Gasteiger partial charge in [0.1, 0.15) is 5.76 Å². The van der Waals surface area contributed by atoms with Crippen molar-refractivity contribution >= 4 is 11.7 Å². The fourth-order valence-corrected chi connectivity index (χ4v) is 1.39. The Morgan fingerprint density at radius 3 is 2.64 bits per heavy atom. The van der Waals surface area contributed by atoms with E-state index >= 15 is 0 Å². The summed E-state index contributed by atoms with van der Waals surface area (Å²) in [5.74, 6) is 0.361. The highest BCUT2D eigenvalue weighted by atomic mass is 16.5. The Kier molecular flexibility index (Phi) is 2.19. The first-order valence-electron chi connectivity index (χ1n) is 4.47. The second-order valence-corrected chi connectivity index (χ2v) is 2.99. The van der Waals surface area contributed by atoms with E-state index in [0.29, 0.717) is 11.3 Å². The van der Waals surface area contributed by atoms with E-state index in [-0.39, 0.29) is 5.97 Å². The van der Waals surface area contributed by atoms with Gasteiger partial charge in [0.25, 0.3) is 0 Å². The van der Waals surface area contributed by atoms with Crippen molar-refractivity contribution in [3.05, 3.63) is 53.6 Å². The molecule has 1 aliphatic rings. The van der Waals surface area contributed by atoms with Gasteiger partial charge in [-0.05, 0) is 19.1 Å². The normalized spacial score (nSPS) is 17.5. The number of carbonyl (C=O) groups excluding carboxylic acids is 1. The molecule has 1 aromatic carbocycles. The van der Waals surface area contributed by atoms with E-state index in [1.807, 2.05) is 37.3 Å². The number of benzene rings is 1. The minimum absolute atomic E-state index is 0.267. The van der Waals surface area contributed by atoms with E-state index < -0.39 is 0 Å². The van der Waals surface area contributed by atoms with Gasteiger partial charge in [-0.15, -0.1) is 0 Å². The van der Waals surface area contributed by atoms with Gasteiger partial charge in [0.05, 0.1) is 5.56 Å². The summed E-state index contributed by atoms with van der Waals surface area (Å²) in [6, 6.07) is 7.38. The van der Waals surface area contributed by atoms with Crippen LogP contribution in [0.1, 0.15) is 22.8 Å². The molecule has 0 radical (unpaired) electrons. The summed E-state index contributed by atoms with van der Waals surface area (Å²) < 4.78 is 5.10. The Bertz CT molecular complexity index is 428. The maximum Gasteiger partial charge on any atom is 0.344 e. The highest BCUT2D eigenvalue weighted by Crippen LogP contribution is 2.28. The molecule has 0 saturated carbocycles. The maximum atomic E-state index is 11.4.